The topological polar surface area (TPSA) is 60.8 Å². The molecule has 1 aromatic rings. The van der Waals surface area contributed by atoms with Crippen molar-refractivity contribution in [2.45, 2.75) is 102 Å². The quantitative estimate of drug-likeness (QED) is 0.703. The van der Waals surface area contributed by atoms with Crippen molar-refractivity contribution in [3.63, 3.8) is 0 Å². The Morgan fingerprint density at radius 2 is 1.81 bits per heavy atom. The SMILES string of the molecule is CC1CCCC1.Cc1ccc(O)cc1[C@]12CCN(CC3CC3)C(C)C1(O)CCC(=O)C2. The van der Waals surface area contributed by atoms with Gasteiger partial charge in [-0.25, -0.2) is 0 Å². The molecule has 1 saturated heterocycles. The van der Waals surface area contributed by atoms with Crippen LogP contribution in [-0.4, -0.2) is 45.6 Å². The summed E-state index contributed by atoms with van der Waals surface area (Å²) in [6, 6.07) is 5.39. The van der Waals surface area contributed by atoms with Crippen molar-refractivity contribution in [3.8, 4) is 5.75 Å². The largest absolute Gasteiger partial charge is 0.508 e. The number of piperidine rings is 1. The number of aryl methyl sites for hydroxylation is 1. The molecule has 4 aliphatic rings. The second-order valence-corrected chi connectivity index (χ2v) is 11.0. The number of carbonyl (C=O) groups is 1. The van der Waals surface area contributed by atoms with Gasteiger partial charge in [0.25, 0.3) is 0 Å². The molecule has 0 spiro atoms. The minimum absolute atomic E-state index is 0.0247. The Bertz CT molecular complexity index is 798. The first-order valence-electron chi connectivity index (χ1n) is 12.5. The highest BCUT2D eigenvalue weighted by Gasteiger charge is 2.61. The molecule has 3 saturated carbocycles. The fourth-order valence-electron chi connectivity index (χ4n) is 6.49. The minimum Gasteiger partial charge on any atom is -0.508 e. The third-order valence-corrected chi connectivity index (χ3v) is 8.75. The van der Waals surface area contributed by atoms with Gasteiger partial charge in [-0.3, -0.25) is 9.69 Å². The lowest BCUT2D eigenvalue weighted by Gasteiger charge is -2.60. The van der Waals surface area contributed by atoms with Crippen molar-refractivity contribution in [1.29, 1.82) is 0 Å². The summed E-state index contributed by atoms with van der Waals surface area (Å²) in [4.78, 5) is 14.9. The fourth-order valence-corrected chi connectivity index (χ4v) is 6.49. The van der Waals surface area contributed by atoms with Crippen LogP contribution in [0, 0.1) is 18.8 Å². The van der Waals surface area contributed by atoms with Crippen molar-refractivity contribution < 1.29 is 15.0 Å². The number of phenolic OH excluding ortho intramolecular Hbond substituents is 1. The number of carbonyl (C=O) groups excluding carboxylic acids is 1. The molecule has 4 fully saturated rings. The van der Waals surface area contributed by atoms with E-state index < -0.39 is 11.0 Å². The van der Waals surface area contributed by atoms with E-state index in [1.807, 2.05) is 13.0 Å². The molecule has 2 N–H and O–H groups in total. The van der Waals surface area contributed by atoms with E-state index in [-0.39, 0.29) is 17.6 Å². The second kappa shape index (κ2) is 8.86. The maximum absolute atomic E-state index is 12.4. The number of likely N-dealkylation sites (tertiary alicyclic amines) is 1. The van der Waals surface area contributed by atoms with Gasteiger partial charge >= 0.3 is 0 Å². The monoisotopic (exact) mass is 427 g/mol. The van der Waals surface area contributed by atoms with Crippen LogP contribution in [0.15, 0.2) is 18.2 Å². The number of hydrogen-bond acceptors (Lipinski definition) is 4. The molecule has 4 nitrogen and oxygen atoms in total. The Hall–Kier alpha value is -1.39. The third-order valence-electron chi connectivity index (χ3n) is 8.75. The maximum Gasteiger partial charge on any atom is 0.134 e. The minimum atomic E-state index is -0.924. The number of Topliss-reactive ketones (excluding diaryl/α,β-unsaturated/α-hetero) is 1. The van der Waals surface area contributed by atoms with E-state index >= 15 is 0 Å². The van der Waals surface area contributed by atoms with Crippen LogP contribution in [0.5, 0.6) is 5.75 Å². The van der Waals surface area contributed by atoms with E-state index in [4.69, 9.17) is 0 Å². The second-order valence-electron chi connectivity index (χ2n) is 11.0. The highest BCUT2D eigenvalue weighted by Crippen LogP contribution is 2.54. The first-order chi connectivity index (χ1) is 14.7. The van der Waals surface area contributed by atoms with Crippen molar-refractivity contribution in [2.75, 3.05) is 13.1 Å². The lowest BCUT2D eigenvalue weighted by molar-refractivity contribution is -0.164. The Balaban J connectivity index is 0.000000334. The number of aromatic hydroxyl groups is 1. The van der Waals surface area contributed by atoms with Gasteiger partial charge in [-0.15, -0.1) is 0 Å². The van der Waals surface area contributed by atoms with Crippen LogP contribution in [-0.2, 0) is 10.2 Å². The molecule has 1 aromatic carbocycles. The summed E-state index contributed by atoms with van der Waals surface area (Å²) < 4.78 is 0. The molecule has 172 valence electrons. The molecule has 0 bridgehead atoms. The van der Waals surface area contributed by atoms with Crippen LogP contribution in [0.25, 0.3) is 0 Å². The van der Waals surface area contributed by atoms with Crippen LogP contribution >= 0.6 is 0 Å². The lowest BCUT2D eigenvalue weighted by Crippen LogP contribution is -2.70. The Morgan fingerprint density at radius 1 is 1.10 bits per heavy atom. The molecule has 31 heavy (non-hydrogen) atoms. The summed E-state index contributed by atoms with van der Waals surface area (Å²) in [5.41, 5.74) is 0.506. The number of benzene rings is 1. The van der Waals surface area contributed by atoms with Gasteiger partial charge in [0.15, 0.2) is 0 Å². The number of rotatable bonds is 3. The van der Waals surface area contributed by atoms with E-state index in [0.29, 0.717) is 19.3 Å². The Labute approximate surface area is 188 Å². The van der Waals surface area contributed by atoms with Gasteiger partial charge in [0.05, 0.1) is 5.60 Å². The first kappa shape index (κ1) is 22.8. The number of aliphatic hydroxyl groups is 1. The number of hydrogen-bond donors (Lipinski definition) is 2. The summed E-state index contributed by atoms with van der Waals surface area (Å²) in [6.45, 7) is 8.45. The van der Waals surface area contributed by atoms with E-state index in [9.17, 15) is 15.0 Å². The molecule has 1 aliphatic heterocycles. The number of nitrogens with zero attached hydrogens (tertiary/aromatic N) is 1. The van der Waals surface area contributed by atoms with Crippen molar-refractivity contribution >= 4 is 5.78 Å². The standard InChI is InChI=1S/C21H29NO3.C6H12/c1-14-3-6-17(23)11-19(14)20-9-10-22(13-16-4-5-16)15(2)21(20,25)8-7-18(24)12-20;1-6-4-2-3-5-6/h3,6,11,15-16,23,25H,4-5,7-10,12-13H2,1-2H3;6H,2-5H2,1H3/t15?,20-,21?;/m1./s1. The van der Waals surface area contributed by atoms with E-state index in [1.54, 1.807) is 12.1 Å². The van der Waals surface area contributed by atoms with Crippen molar-refractivity contribution in [2.24, 2.45) is 11.8 Å². The average molecular weight is 428 g/mol. The van der Waals surface area contributed by atoms with Gasteiger partial charge in [0.2, 0.25) is 0 Å². The zero-order valence-corrected chi connectivity index (χ0v) is 19.7. The zero-order chi connectivity index (χ0) is 22.2. The van der Waals surface area contributed by atoms with E-state index in [0.717, 1.165) is 42.5 Å². The van der Waals surface area contributed by atoms with Crippen molar-refractivity contribution in [1.82, 2.24) is 4.90 Å². The highest BCUT2D eigenvalue weighted by atomic mass is 16.3. The molecule has 4 heteroatoms. The number of phenols is 1. The van der Waals surface area contributed by atoms with Crippen LogP contribution in [0.4, 0.5) is 0 Å². The number of ketones is 1. The molecule has 5 rings (SSSR count). The fraction of sp³-hybridized carbons (Fsp3) is 0.741. The molecule has 0 radical (unpaired) electrons. The molecule has 3 aliphatic carbocycles. The normalized spacial score (nSPS) is 34.2. The van der Waals surface area contributed by atoms with Gasteiger partial charge in [0.1, 0.15) is 11.5 Å². The predicted octanol–water partition coefficient (Wildman–Crippen LogP) is 5.12. The summed E-state index contributed by atoms with van der Waals surface area (Å²) in [6.07, 6.45) is 10.7. The lowest BCUT2D eigenvalue weighted by atomic mass is 9.53. The van der Waals surface area contributed by atoms with Gasteiger partial charge in [-0.1, -0.05) is 38.7 Å². The molecular weight excluding hydrogens is 386 g/mol. The molecular formula is C27H41NO3. The van der Waals surface area contributed by atoms with Gasteiger partial charge in [0, 0.05) is 30.8 Å². The van der Waals surface area contributed by atoms with Crippen LogP contribution in [0.2, 0.25) is 0 Å². The number of fused-ring (bicyclic) bond motifs is 1. The highest BCUT2D eigenvalue weighted by molar-refractivity contribution is 5.82. The summed E-state index contributed by atoms with van der Waals surface area (Å²) >= 11 is 0. The van der Waals surface area contributed by atoms with Gasteiger partial charge in [-0.05, 0) is 81.2 Å². The van der Waals surface area contributed by atoms with Gasteiger partial charge in [-0.2, -0.15) is 0 Å². The maximum atomic E-state index is 12.4. The Kier molecular flexibility index (Phi) is 6.52. The first-order valence-corrected chi connectivity index (χ1v) is 12.5. The van der Waals surface area contributed by atoms with Gasteiger partial charge < -0.3 is 10.2 Å². The van der Waals surface area contributed by atoms with Crippen LogP contribution in [0.3, 0.4) is 0 Å². The smallest absolute Gasteiger partial charge is 0.134 e. The van der Waals surface area contributed by atoms with E-state index in [1.165, 1.54) is 38.5 Å². The van der Waals surface area contributed by atoms with Crippen molar-refractivity contribution in [3.05, 3.63) is 29.3 Å². The molecule has 0 amide bonds. The predicted molar refractivity (Wildman–Crippen MR) is 124 cm³/mol. The molecule has 1 heterocycles. The molecule has 3 atom stereocenters. The Morgan fingerprint density at radius 3 is 2.42 bits per heavy atom. The van der Waals surface area contributed by atoms with E-state index in [2.05, 4.69) is 18.7 Å². The average Bonchev–Trinajstić information content (AvgIpc) is 3.44. The molecule has 0 aromatic heterocycles. The van der Waals surface area contributed by atoms with Crippen LogP contribution in [0.1, 0.15) is 89.2 Å². The summed E-state index contributed by atoms with van der Waals surface area (Å²) in [5.74, 6) is 2.27. The zero-order valence-electron chi connectivity index (χ0n) is 19.7. The summed E-state index contributed by atoms with van der Waals surface area (Å²) in [5, 5.41) is 22.0. The summed E-state index contributed by atoms with van der Waals surface area (Å²) in [7, 11) is 0. The van der Waals surface area contributed by atoms with Crippen LogP contribution < -0.4 is 0 Å². The molecule has 2 unspecified atom stereocenters. The third kappa shape index (κ3) is 4.43.